The number of anilines is 1. The zero-order valence-corrected chi connectivity index (χ0v) is 12.3. The molecule has 0 radical (unpaired) electrons. The Labute approximate surface area is 126 Å². The van der Waals surface area contributed by atoms with E-state index in [2.05, 4.69) is 26.2 Å². The SMILES string of the molecule is O=C(CCn1ccc(=O)[nH]c1=O)Nc1ccc(Br)cc1F. The number of hydrogen-bond donors (Lipinski definition) is 2. The summed E-state index contributed by atoms with van der Waals surface area (Å²) in [5, 5.41) is 2.42. The molecule has 0 bridgehead atoms. The van der Waals surface area contributed by atoms with E-state index in [1.807, 2.05) is 0 Å². The maximum absolute atomic E-state index is 13.5. The van der Waals surface area contributed by atoms with Crippen molar-refractivity contribution in [2.24, 2.45) is 0 Å². The van der Waals surface area contributed by atoms with Crippen molar-refractivity contribution in [1.29, 1.82) is 0 Å². The number of nitrogens with zero attached hydrogens (tertiary/aromatic N) is 1. The lowest BCUT2D eigenvalue weighted by Crippen LogP contribution is -2.29. The number of halogens is 2. The van der Waals surface area contributed by atoms with E-state index in [0.717, 1.165) is 0 Å². The Bertz CT molecular complexity index is 785. The molecule has 1 aromatic carbocycles. The normalized spacial score (nSPS) is 10.4. The van der Waals surface area contributed by atoms with Gasteiger partial charge >= 0.3 is 5.69 Å². The third kappa shape index (κ3) is 4.12. The number of carbonyl (C=O) groups excluding carboxylic acids is 1. The van der Waals surface area contributed by atoms with E-state index >= 15 is 0 Å². The number of rotatable bonds is 4. The molecule has 2 aromatic rings. The van der Waals surface area contributed by atoms with Gasteiger partial charge in [-0.05, 0) is 18.2 Å². The predicted molar refractivity (Wildman–Crippen MR) is 78.7 cm³/mol. The fourth-order valence-electron chi connectivity index (χ4n) is 1.65. The van der Waals surface area contributed by atoms with Crippen LogP contribution in [-0.4, -0.2) is 15.5 Å². The van der Waals surface area contributed by atoms with Gasteiger partial charge < -0.3 is 9.88 Å². The Balaban J connectivity index is 1.99. The average molecular weight is 356 g/mol. The molecule has 8 heteroatoms. The van der Waals surface area contributed by atoms with Gasteiger partial charge in [0.1, 0.15) is 5.82 Å². The van der Waals surface area contributed by atoms with Crippen molar-refractivity contribution in [2.45, 2.75) is 13.0 Å². The molecule has 1 heterocycles. The molecule has 0 fully saturated rings. The lowest BCUT2D eigenvalue weighted by Gasteiger charge is -2.07. The Kier molecular flexibility index (Phi) is 4.69. The summed E-state index contributed by atoms with van der Waals surface area (Å²) in [4.78, 5) is 36.1. The Morgan fingerprint density at radius 3 is 2.76 bits per heavy atom. The summed E-state index contributed by atoms with van der Waals surface area (Å²) >= 11 is 3.12. The summed E-state index contributed by atoms with van der Waals surface area (Å²) < 4.78 is 15.3. The third-order valence-corrected chi connectivity index (χ3v) is 3.18. The Morgan fingerprint density at radius 2 is 2.10 bits per heavy atom. The van der Waals surface area contributed by atoms with Crippen LogP contribution in [-0.2, 0) is 11.3 Å². The molecular formula is C13H11BrFN3O3. The first-order valence-electron chi connectivity index (χ1n) is 6.00. The third-order valence-electron chi connectivity index (χ3n) is 2.68. The number of benzene rings is 1. The molecule has 21 heavy (non-hydrogen) atoms. The highest BCUT2D eigenvalue weighted by Crippen LogP contribution is 2.19. The maximum Gasteiger partial charge on any atom is 0.328 e. The van der Waals surface area contributed by atoms with Crippen LogP contribution in [0, 0.1) is 5.82 Å². The largest absolute Gasteiger partial charge is 0.328 e. The molecule has 1 aromatic heterocycles. The molecule has 110 valence electrons. The smallest absolute Gasteiger partial charge is 0.324 e. The van der Waals surface area contributed by atoms with Gasteiger partial charge in [0.25, 0.3) is 5.56 Å². The van der Waals surface area contributed by atoms with Crippen LogP contribution in [0.15, 0.2) is 44.5 Å². The molecular weight excluding hydrogens is 345 g/mol. The molecule has 1 amide bonds. The molecule has 0 aliphatic carbocycles. The minimum absolute atomic E-state index is 0.0263. The van der Waals surface area contributed by atoms with E-state index in [-0.39, 0.29) is 18.7 Å². The molecule has 6 nitrogen and oxygen atoms in total. The zero-order valence-electron chi connectivity index (χ0n) is 10.7. The maximum atomic E-state index is 13.5. The molecule has 0 aliphatic heterocycles. The fraction of sp³-hybridized carbons (Fsp3) is 0.154. The summed E-state index contributed by atoms with van der Waals surface area (Å²) in [6, 6.07) is 5.46. The lowest BCUT2D eigenvalue weighted by molar-refractivity contribution is -0.116. The Morgan fingerprint density at radius 1 is 1.33 bits per heavy atom. The van der Waals surface area contributed by atoms with Gasteiger partial charge in [0.05, 0.1) is 5.69 Å². The number of H-pyrrole nitrogens is 1. The monoisotopic (exact) mass is 355 g/mol. The lowest BCUT2D eigenvalue weighted by atomic mass is 10.3. The van der Waals surface area contributed by atoms with Crippen LogP contribution < -0.4 is 16.6 Å². The van der Waals surface area contributed by atoms with E-state index in [4.69, 9.17) is 0 Å². The number of carbonyl (C=O) groups is 1. The van der Waals surface area contributed by atoms with Gasteiger partial charge in [0.15, 0.2) is 0 Å². The minimum Gasteiger partial charge on any atom is -0.324 e. The second-order valence-electron chi connectivity index (χ2n) is 4.23. The molecule has 2 rings (SSSR count). The highest BCUT2D eigenvalue weighted by atomic mass is 79.9. The average Bonchev–Trinajstić information content (AvgIpc) is 2.41. The van der Waals surface area contributed by atoms with Gasteiger partial charge in [0, 0.05) is 29.7 Å². The number of aromatic amines is 1. The van der Waals surface area contributed by atoms with Gasteiger partial charge in [-0.3, -0.25) is 14.6 Å². The molecule has 0 saturated carbocycles. The van der Waals surface area contributed by atoms with Crippen LogP contribution in [0.5, 0.6) is 0 Å². The van der Waals surface area contributed by atoms with Crippen molar-refractivity contribution < 1.29 is 9.18 Å². The van der Waals surface area contributed by atoms with Gasteiger partial charge in [-0.15, -0.1) is 0 Å². The summed E-state index contributed by atoms with van der Waals surface area (Å²) in [5.41, 5.74) is -1.03. The summed E-state index contributed by atoms with van der Waals surface area (Å²) in [5.74, 6) is -0.992. The van der Waals surface area contributed by atoms with Gasteiger partial charge in [0.2, 0.25) is 5.91 Å². The first kappa shape index (κ1) is 15.2. The topological polar surface area (TPSA) is 84.0 Å². The molecule has 0 atom stereocenters. The van der Waals surface area contributed by atoms with Crippen LogP contribution >= 0.6 is 15.9 Å². The van der Waals surface area contributed by atoms with Crippen LogP contribution in [0.2, 0.25) is 0 Å². The van der Waals surface area contributed by atoms with E-state index < -0.39 is 23.0 Å². The van der Waals surface area contributed by atoms with Crippen molar-refractivity contribution in [2.75, 3.05) is 5.32 Å². The van der Waals surface area contributed by atoms with Crippen molar-refractivity contribution in [3.05, 3.63) is 61.6 Å². The van der Waals surface area contributed by atoms with Crippen LogP contribution in [0.4, 0.5) is 10.1 Å². The van der Waals surface area contributed by atoms with Gasteiger partial charge in [-0.25, -0.2) is 9.18 Å². The van der Waals surface area contributed by atoms with Crippen molar-refractivity contribution in [1.82, 2.24) is 9.55 Å². The minimum atomic E-state index is -0.592. The van der Waals surface area contributed by atoms with E-state index in [1.165, 1.54) is 29.0 Å². The number of aromatic nitrogens is 2. The highest BCUT2D eigenvalue weighted by Gasteiger charge is 2.08. The summed E-state index contributed by atoms with van der Waals surface area (Å²) in [7, 11) is 0. The number of aryl methyl sites for hydroxylation is 1. The standard InChI is InChI=1S/C13H11BrFN3O3/c14-8-1-2-10(9(15)7-8)16-11(19)3-5-18-6-4-12(20)17-13(18)21/h1-2,4,6-7H,3,5H2,(H,16,19)(H,17,20,21). The molecule has 0 unspecified atom stereocenters. The second-order valence-corrected chi connectivity index (χ2v) is 5.14. The van der Waals surface area contributed by atoms with E-state index in [9.17, 15) is 18.8 Å². The fourth-order valence-corrected chi connectivity index (χ4v) is 1.98. The van der Waals surface area contributed by atoms with Crippen molar-refractivity contribution >= 4 is 27.5 Å². The number of hydrogen-bond acceptors (Lipinski definition) is 3. The first-order chi connectivity index (χ1) is 9.95. The van der Waals surface area contributed by atoms with Crippen molar-refractivity contribution in [3.63, 3.8) is 0 Å². The molecule has 0 saturated heterocycles. The van der Waals surface area contributed by atoms with Crippen LogP contribution in [0.3, 0.4) is 0 Å². The Hall–Kier alpha value is -2.22. The molecule has 2 N–H and O–H groups in total. The van der Waals surface area contributed by atoms with E-state index in [1.54, 1.807) is 6.07 Å². The zero-order chi connectivity index (χ0) is 15.4. The van der Waals surface area contributed by atoms with Crippen LogP contribution in [0.1, 0.15) is 6.42 Å². The summed E-state index contributed by atoms with van der Waals surface area (Å²) in [6.45, 7) is 0.0829. The predicted octanol–water partition coefficient (Wildman–Crippen LogP) is 1.47. The first-order valence-corrected chi connectivity index (χ1v) is 6.79. The highest BCUT2D eigenvalue weighted by molar-refractivity contribution is 9.10. The van der Waals surface area contributed by atoms with Crippen LogP contribution in [0.25, 0.3) is 0 Å². The van der Waals surface area contributed by atoms with Gasteiger partial charge in [-0.2, -0.15) is 0 Å². The molecule has 0 spiro atoms. The van der Waals surface area contributed by atoms with Gasteiger partial charge in [-0.1, -0.05) is 15.9 Å². The quantitative estimate of drug-likeness (QED) is 0.870. The molecule has 0 aliphatic rings. The van der Waals surface area contributed by atoms with Crippen molar-refractivity contribution in [3.8, 4) is 0 Å². The number of amides is 1. The van der Waals surface area contributed by atoms with E-state index in [0.29, 0.717) is 4.47 Å². The second kappa shape index (κ2) is 6.49. The summed E-state index contributed by atoms with van der Waals surface area (Å²) in [6.07, 6.45) is 1.27. The number of nitrogens with one attached hydrogen (secondary N) is 2.